The van der Waals surface area contributed by atoms with E-state index in [4.69, 9.17) is 9.15 Å². The number of nitrogens with zero attached hydrogens (tertiary/aromatic N) is 2. The molecule has 2 heterocycles. The molecule has 1 aromatic heterocycles. The monoisotopic (exact) mass is 392 g/mol. The number of benzene rings is 2. The van der Waals surface area contributed by atoms with Gasteiger partial charge in [0.25, 0.3) is 0 Å². The van der Waals surface area contributed by atoms with E-state index in [-0.39, 0.29) is 18.1 Å². The molecule has 1 saturated heterocycles. The SMILES string of the molecule is COC1CCN(CC(c2ccccc2)N(C)C(=O)Cc2cccc3cocc23)C1. The first kappa shape index (κ1) is 19.7. The highest BCUT2D eigenvalue weighted by Gasteiger charge is 2.29. The zero-order chi connectivity index (χ0) is 20.2. The summed E-state index contributed by atoms with van der Waals surface area (Å²) in [5, 5.41) is 2.04. The van der Waals surface area contributed by atoms with Crippen molar-refractivity contribution >= 4 is 16.7 Å². The number of amides is 1. The number of rotatable bonds is 7. The molecule has 0 radical (unpaired) electrons. The van der Waals surface area contributed by atoms with Gasteiger partial charge in [-0.15, -0.1) is 0 Å². The van der Waals surface area contributed by atoms with Gasteiger partial charge in [-0.1, -0.05) is 48.5 Å². The molecule has 2 aromatic carbocycles. The van der Waals surface area contributed by atoms with Crippen LogP contribution in [-0.4, -0.2) is 55.6 Å². The Balaban J connectivity index is 1.53. The molecule has 0 saturated carbocycles. The molecule has 1 aliphatic heterocycles. The van der Waals surface area contributed by atoms with Gasteiger partial charge in [-0.2, -0.15) is 0 Å². The first-order valence-corrected chi connectivity index (χ1v) is 10.1. The van der Waals surface area contributed by atoms with Crippen LogP contribution in [0.4, 0.5) is 0 Å². The smallest absolute Gasteiger partial charge is 0.227 e. The first-order chi connectivity index (χ1) is 14.2. The van der Waals surface area contributed by atoms with Crippen LogP contribution in [0, 0.1) is 0 Å². The standard InChI is InChI=1S/C24H28N2O3/c1-25(24(27)13-19-9-6-10-20-16-29-17-22(19)20)23(18-7-4-3-5-8-18)15-26-12-11-21(14-26)28-2/h3-10,16-17,21,23H,11-15H2,1-2H3. The molecular weight excluding hydrogens is 364 g/mol. The van der Waals surface area contributed by atoms with Crippen LogP contribution in [0.5, 0.6) is 0 Å². The topological polar surface area (TPSA) is 45.9 Å². The molecule has 1 amide bonds. The molecule has 29 heavy (non-hydrogen) atoms. The van der Waals surface area contributed by atoms with Crippen molar-refractivity contribution in [3.8, 4) is 0 Å². The zero-order valence-electron chi connectivity index (χ0n) is 17.1. The average Bonchev–Trinajstić information content (AvgIpc) is 3.42. The Morgan fingerprint density at radius 3 is 2.79 bits per heavy atom. The van der Waals surface area contributed by atoms with E-state index in [2.05, 4.69) is 17.0 Å². The van der Waals surface area contributed by atoms with Crippen molar-refractivity contribution in [2.75, 3.05) is 33.8 Å². The van der Waals surface area contributed by atoms with Gasteiger partial charge < -0.3 is 14.1 Å². The lowest BCUT2D eigenvalue weighted by Crippen LogP contribution is -2.39. The van der Waals surface area contributed by atoms with E-state index < -0.39 is 0 Å². The minimum absolute atomic E-state index is 0.00265. The van der Waals surface area contributed by atoms with E-state index in [0.717, 1.165) is 48.0 Å². The van der Waals surface area contributed by atoms with Crippen LogP contribution < -0.4 is 0 Å². The van der Waals surface area contributed by atoms with Gasteiger partial charge >= 0.3 is 0 Å². The Morgan fingerprint density at radius 1 is 1.21 bits per heavy atom. The third-order valence-corrected chi connectivity index (χ3v) is 5.99. The Morgan fingerprint density at radius 2 is 2.03 bits per heavy atom. The van der Waals surface area contributed by atoms with Crippen molar-refractivity contribution in [3.63, 3.8) is 0 Å². The lowest BCUT2D eigenvalue weighted by atomic mass is 10.0. The quantitative estimate of drug-likeness (QED) is 0.612. The van der Waals surface area contributed by atoms with Gasteiger partial charge in [0.15, 0.2) is 0 Å². The summed E-state index contributed by atoms with van der Waals surface area (Å²) < 4.78 is 10.8. The second-order valence-corrected chi connectivity index (χ2v) is 7.81. The molecule has 152 valence electrons. The maximum atomic E-state index is 13.2. The zero-order valence-corrected chi connectivity index (χ0v) is 17.1. The van der Waals surface area contributed by atoms with E-state index in [1.165, 1.54) is 0 Å². The molecule has 0 spiro atoms. The van der Waals surface area contributed by atoms with Gasteiger partial charge in [-0.05, 0) is 17.5 Å². The lowest BCUT2D eigenvalue weighted by Gasteiger charge is -2.32. The molecule has 2 unspecified atom stereocenters. The van der Waals surface area contributed by atoms with Crippen LogP contribution >= 0.6 is 0 Å². The van der Waals surface area contributed by atoms with Crippen molar-refractivity contribution in [3.05, 3.63) is 72.2 Å². The molecular formula is C24H28N2O3. The van der Waals surface area contributed by atoms with Gasteiger partial charge in [0.05, 0.1) is 31.1 Å². The number of hydrogen-bond donors (Lipinski definition) is 0. The highest BCUT2D eigenvalue weighted by atomic mass is 16.5. The van der Waals surface area contributed by atoms with Gasteiger partial charge in [-0.3, -0.25) is 9.69 Å². The average molecular weight is 392 g/mol. The van der Waals surface area contributed by atoms with Crippen LogP contribution in [0.3, 0.4) is 0 Å². The fraction of sp³-hybridized carbons (Fsp3) is 0.375. The molecule has 0 N–H and O–H groups in total. The maximum absolute atomic E-state index is 13.2. The van der Waals surface area contributed by atoms with Crippen molar-refractivity contribution < 1.29 is 13.9 Å². The number of carbonyl (C=O) groups is 1. The predicted molar refractivity (Wildman–Crippen MR) is 114 cm³/mol. The number of hydrogen-bond acceptors (Lipinski definition) is 4. The normalized spacial score (nSPS) is 18.2. The van der Waals surface area contributed by atoms with Gasteiger partial charge in [0, 0.05) is 44.6 Å². The number of fused-ring (bicyclic) bond motifs is 1. The molecule has 1 fully saturated rings. The molecule has 5 heteroatoms. The minimum atomic E-state index is 0.00265. The number of ether oxygens (including phenoxy) is 1. The molecule has 0 aliphatic carbocycles. The van der Waals surface area contributed by atoms with Crippen molar-refractivity contribution in [1.82, 2.24) is 9.80 Å². The predicted octanol–water partition coefficient (Wildman–Crippen LogP) is 3.90. The highest BCUT2D eigenvalue weighted by Crippen LogP contribution is 2.26. The Bertz CT molecular complexity index is 953. The lowest BCUT2D eigenvalue weighted by molar-refractivity contribution is -0.131. The minimum Gasteiger partial charge on any atom is -0.471 e. The van der Waals surface area contributed by atoms with Crippen LogP contribution in [0.1, 0.15) is 23.6 Å². The fourth-order valence-electron chi connectivity index (χ4n) is 4.20. The second kappa shape index (κ2) is 8.80. The summed E-state index contributed by atoms with van der Waals surface area (Å²) in [5.74, 6) is 0.107. The van der Waals surface area contributed by atoms with Crippen LogP contribution in [0.25, 0.3) is 10.8 Å². The van der Waals surface area contributed by atoms with E-state index >= 15 is 0 Å². The number of methoxy groups -OCH3 is 1. The number of carbonyl (C=O) groups excluding carboxylic acids is 1. The molecule has 5 nitrogen and oxygen atoms in total. The molecule has 0 bridgehead atoms. The molecule has 3 aromatic rings. The van der Waals surface area contributed by atoms with Crippen LogP contribution in [0.15, 0.2) is 65.5 Å². The highest BCUT2D eigenvalue weighted by molar-refractivity contribution is 5.89. The van der Waals surface area contributed by atoms with Gasteiger partial charge in [0.2, 0.25) is 5.91 Å². The van der Waals surface area contributed by atoms with Crippen molar-refractivity contribution in [1.29, 1.82) is 0 Å². The Kier molecular flexibility index (Phi) is 5.97. The summed E-state index contributed by atoms with van der Waals surface area (Å²) >= 11 is 0. The summed E-state index contributed by atoms with van der Waals surface area (Å²) in [6, 6.07) is 16.3. The van der Waals surface area contributed by atoms with Crippen LogP contribution in [-0.2, 0) is 16.0 Å². The van der Waals surface area contributed by atoms with E-state index in [1.54, 1.807) is 19.6 Å². The van der Waals surface area contributed by atoms with Gasteiger partial charge in [-0.25, -0.2) is 0 Å². The maximum Gasteiger partial charge on any atom is 0.227 e. The Labute approximate surface area is 171 Å². The summed E-state index contributed by atoms with van der Waals surface area (Å²) in [6.45, 7) is 2.72. The van der Waals surface area contributed by atoms with Crippen molar-refractivity contribution in [2.45, 2.75) is 25.0 Å². The van der Waals surface area contributed by atoms with E-state index in [0.29, 0.717) is 6.42 Å². The van der Waals surface area contributed by atoms with Crippen molar-refractivity contribution in [2.24, 2.45) is 0 Å². The third kappa shape index (κ3) is 4.36. The summed E-state index contributed by atoms with van der Waals surface area (Å²) in [7, 11) is 3.69. The fourth-order valence-corrected chi connectivity index (χ4v) is 4.20. The van der Waals surface area contributed by atoms with E-state index in [9.17, 15) is 4.79 Å². The number of likely N-dealkylation sites (N-methyl/N-ethyl adjacent to an activating group) is 1. The molecule has 2 atom stereocenters. The Hall–Kier alpha value is -2.63. The van der Waals surface area contributed by atoms with Crippen LogP contribution in [0.2, 0.25) is 0 Å². The molecule has 1 aliphatic rings. The first-order valence-electron chi connectivity index (χ1n) is 10.1. The van der Waals surface area contributed by atoms with Gasteiger partial charge in [0.1, 0.15) is 0 Å². The summed E-state index contributed by atoms with van der Waals surface area (Å²) in [4.78, 5) is 17.5. The molecule has 4 rings (SSSR count). The number of likely N-dealkylation sites (tertiary alicyclic amines) is 1. The summed E-state index contributed by atoms with van der Waals surface area (Å²) in [6.07, 6.45) is 5.13. The third-order valence-electron chi connectivity index (χ3n) is 5.99. The largest absolute Gasteiger partial charge is 0.471 e. The van der Waals surface area contributed by atoms with E-state index in [1.807, 2.05) is 48.3 Å². The second-order valence-electron chi connectivity index (χ2n) is 7.81. The number of furan rings is 1. The summed E-state index contributed by atoms with van der Waals surface area (Å²) in [5.41, 5.74) is 2.16.